The molecule has 0 fully saturated rings. The zero-order valence-electron chi connectivity index (χ0n) is 17.3. The first-order valence-corrected chi connectivity index (χ1v) is 9.99. The van der Waals surface area contributed by atoms with Crippen LogP contribution in [0.25, 0.3) is 5.57 Å². The molecule has 162 valence electrons. The number of methoxy groups -OCH3 is 1. The van der Waals surface area contributed by atoms with E-state index in [1.54, 1.807) is 42.5 Å². The minimum atomic E-state index is -0.526. The molecular weight excluding hydrogens is 414 g/mol. The highest BCUT2D eigenvalue weighted by Gasteiger charge is 2.40. The van der Waals surface area contributed by atoms with Crippen LogP contribution < -0.4 is 10.1 Å². The van der Waals surface area contributed by atoms with E-state index in [1.807, 2.05) is 0 Å². The molecule has 3 aromatic rings. The summed E-state index contributed by atoms with van der Waals surface area (Å²) in [6, 6.07) is 18.4. The third-order valence-corrected chi connectivity index (χ3v) is 5.18. The van der Waals surface area contributed by atoms with E-state index in [9.17, 15) is 18.4 Å². The van der Waals surface area contributed by atoms with Crippen LogP contribution in [0.2, 0.25) is 0 Å². The van der Waals surface area contributed by atoms with Gasteiger partial charge in [-0.3, -0.25) is 14.5 Å². The number of ether oxygens (including phenoxy) is 1. The fourth-order valence-corrected chi connectivity index (χ4v) is 3.60. The molecule has 1 aliphatic rings. The Kier molecular flexibility index (Phi) is 5.98. The molecular formula is C25H20F2N2O3. The van der Waals surface area contributed by atoms with Crippen molar-refractivity contribution in [2.75, 3.05) is 19.0 Å². The number of nitrogens with one attached hydrogen (secondary N) is 1. The summed E-state index contributed by atoms with van der Waals surface area (Å²) in [4.78, 5) is 27.7. The molecule has 7 heteroatoms. The van der Waals surface area contributed by atoms with Crippen molar-refractivity contribution < 1.29 is 23.1 Å². The summed E-state index contributed by atoms with van der Waals surface area (Å²) in [5, 5.41) is 2.92. The van der Waals surface area contributed by atoms with E-state index in [1.165, 1.54) is 37.4 Å². The van der Waals surface area contributed by atoms with Gasteiger partial charge in [-0.1, -0.05) is 36.4 Å². The van der Waals surface area contributed by atoms with Crippen molar-refractivity contribution in [2.24, 2.45) is 0 Å². The Labute approximate surface area is 183 Å². The Morgan fingerprint density at radius 1 is 0.875 bits per heavy atom. The molecule has 0 aromatic heterocycles. The van der Waals surface area contributed by atoms with Crippen LogP contribution in [0.4, 0.5) is 14.5 Å². The summed E-state index contributed by atoms with van der Waals surface area (Å²) >= 11 is 0. The Morgan fingerprint density at radius 2 is 1.62 bits per heavy atom. The van der Waals surface area contributed by atoms with E-state index < -0.39 is 17.6 Å². The normalized spacial score (nSPS) is 13.7. The molecule has 4 rings (SSSR count). The van der Waals surface area contributed by atoms with Gasteiger partial charge in [0.2, 0.25) is 0 Å². The zero-order valence-corrected chi connectivity index (χ0v) is 17.3. The number of anilines is 1. The third kappa shape index (κ3) is 4.23. The van der Waals surface area contributed by atoms with Gasteiger partial charge < -0.3 is 10.1 Å². The van der Waals surface area contributed by atoms with Gasteiger partial charge >= 0.3 is 0 Å². The molecule has 32 heavy (non-hydrogen) atoms. The highest BCUT2D eigenvalue weighted by molar-refractivity contribution is 6.37. The largest absolute Gasteiger partial charge is 0.496 e. The van der Waals surface area contributed by atoms with Crippen molar-refractivity contribution in [2.45, 2.75) is 6.42 Å². The topological polar surface area (TPSA) is 58.6 Å². The Balaban J connectivity index is 1.70. The van der Waals surface area contributed by atoms with Gasteiger partial charge in [-0.2, -0.15) is 0 Å². The molecule has 2 amide bonds. The molecule has 0 saturated carbocycles. The smallest absolute Gasteiger partial charge is 0.278 e. The highest BCUT2D eigenvalue weighted by atomic mass is 19.1. The number of hydrogen-bond donors (Lipinski definition) is 1. The third-order valence-electron chi connectivity index (χ3n) is 5.18. The van der Waals surface area contributed by atoms with Crippen LogP contribution in [-0.2, 0) is 16.0 Å². The van der Waals surface area contributed by atoms with Gasteiger partial charge in [-0.15, -0.1) is 0 Å². The number of imide groups is 1. The van der Waals surface area contributed by atoms with E-state index in [0.29, 0.717) is 23.4 Å². The lowest BCUT2D eigenvalue weighted by Gasteiger charge is -2.15. The van der Waals surface area contributed by atoms with Gasteiger partial charge in [0.25, 0.3) is 11.8 Å². The van der Waals surface area contributed by atoms with Gasteiger partial charge in [-0.25, -0.2) is 8.78 Å². The molecule has 3 aromatic carbocycles. The number of carbonyl (C=O) groups excluding carboxylic acids is 2. The predicted octanol–water partition coefficient (Wildman–Crippen LogP) is 4.41. The number of benzene rings is 3. The number of halogens is 2. The fraction of sp³-hybridized carbons (Fsp3) is 0.120. The molecule has 1 aliphatic heterocycles. The van der Waals surface area contributed by atoms with Crippen LogP contribution in [0.3, 0.4) is 0 Å². The summed E-state index contributed by atoms with van der Waals surface area (Å²) in [6.45, 7) is 0.107. The maximum Gasteiger partial charge on any atom is 0.278 e. The number of rotatable bonds is 7. The summed E-state index contributed by atoms with van der Waals surface area (Å²) < 4.78 is 32.3. The quantitative estimate of drug-likeness (QED) is 0.560. The van der Waals surface area contributed by atoms with Crippen LogP contribution in [0.5, 0.6) is 5.75 Å². The van der Waals surface area contributed by atoms with Crippen molar-refractivity contribution in [3.8, 4) is 5.75 Å². The molecule has 1 N–H and O–H groups in total. The predicted molar refractivity (Wildman–Crippen MR) is 117 cm³/mol. The van der Waals surface area contributed by atoms with Crippen molar-refractivity contribution in [1.82, 2.24) is 4.90 Å². The number of nitrogens with zero attached hydrogens (tertiary/aromatic N) is 1. The second-order valence-electron chi connectivity index (χ2n) is 7.22. The van der Waals surface area contributed by atoms with Crippen LogP contribution in [0.1, 0.15) is 11.1 Å². The molecule has 0 atom stereocenters. The lowest BCUT2D eigenvalue weighted by Crippen LogP contribution is -2.34. The van der Waals surface area contributed by atoms with Crippen LogP contribution >= 0.6 is 0 Å². The van der Waals surface area contributed by atoms with Crippen molar-refractivity contribution >= 4 is 23.1 Å². The monoisotopic (exact) mass is 434 g/mol. The lowest BCUT2D eigenvalue weighted by atomic mass is 10.0. The lowest BCUT2D eigenvalue weighted by molar-refractivity contribution is -0.136. The molecule has 0 radical (unpaired) electrons. The number of carbonyl (C=O) groups is 2. The molecule has 0 saturated heterocycles. The summed E-state index contributed by atoms with van der Waals surface area (Å²) in [5.41, 5.74) is 1.78. The minimum Gasteiger partial charge on any atom is -0.496 e. The fourth-order valence-electron chi connectivity index (χ4n) is 3.60. The maximum absolute atomic E-state index is 13.7. The van der Waals surface area contributed by atoms with Crippen molar-refractivity contribution in [3.63, 3.8) is 0 Å². The standard InChI is InChI=1S/C25H20F2N2O3/c1-32-21-8-3-2-7-20(21)22-23(28-19-6-4-5-18(27)15-19)25(31)29(24(22)30)14-13-16-9-11-17(26)12-10-16/h2-12,15,28H,13-14H2,1H3. The Morgan fingerprint density at radius 3 is 2.34 bits per heavy atom. The van der Waals surface area contributed by atoms with Gasteiger partial charge in [-0.05, 0) is 48.4 Å². The molecule has 0 aliphatic carbocycles. The van der Waals surface area contributed by atoms with Gasteiger partial charge in [0, 0.05) is 17.8 Å². The second kappa shape index (κ2) is 9.01. The summed E-state index contributed by atoms with van der Waals surface area (Å²) in [7, 11) is 1.48. The number of amides is 2. The Bertz CT molecular complexity index is 1210. The van der Waals surface area contributed by atoms with Crippen molar-refractivity contribution in [1.29, 1.82) is 0 Å². The molecule has 0 unspecified atom stereocenters. The van der Waals surface area contributed by atoms with E-state index >= 15 is 0 Å². The van der Waals surface area contributed by atoms with Crippen LogP contribution in [0.15, 0.2) is 78.5 Å². The minimum absolute atomic E-state index is 0.0456. The SMILES string of the molecule is COc1ccccc1C1=C(Nc2cccc(F)c2)C(=O)N(CCc2ccc(F)cc2)C1=O. The summed E-state index contributed by atoms with van der Waals surface area (Å²) in [6.07, 6.45) is 0.365. The van der Waals surface area contributed by atoms with Gasteiger partial charge in [0.1, 0.15) is 23.1 Å². The average Bonchev–Trinajstić information content (AvgIpc) is 3.02. The zero-order chi connectivity index (χ0) is 22.7. The average molecular weight is 434 g/mol. The maximum atomic E-state index is 13.7. The number of hydrogen-bond acceptors (Lipinski definition) is 4. The molecule has 1 heterocycles. The van der Waals surface area contributed by atoms with E-state index in [2.05, 4.69) is 5.32 Å². The van der Waals surface area contributed by atoms with Crippen LogP contribution in [-0.4, -0.2) is 30.4 Å². The molecule has 5 nitrogen and oxygen atoms in total. The molecule has 0 bridgehead atoms. The first-order valence-electron chi connectivity index (χ1n) is 9.99. The first kappa shape index (κ1) is 21.2. The van der Waals surface area contributed by atoms with Crippen molar-refractivity contribution in [3.05, 3.63) is 101 Å². The Hall–Kier alpha value is -4.00. The summed E-state index contributed by atoms with van der Waals surface area (Å²) in [5.74, 6) is -1.41. The number of para-hydroxylation sites is 1. The second-order valence-corrected chi connectivity index (χ2v) is 7.22. The van der Waals surface area contributed by atoms with E-state index in [4.69, 9.17) is 4.74 Å². The van der Waals surface area contributed by atoms with Gasteiger partial charge in [0.15, 0.2) is 0 Å². The first-order chi connectivity index (χ1) is 15.5. The highest BCUT2D eigenvalue weighted by Crippen LogP contribution is 2.35. The molecule has 0 spiro atoms. The van der Waals surface area contributed by atoms with E-state index in [0.717, 1.165) is 10.5 Å². The van der Waals surface area contributed by atoms with Gasteiger partial charge in [0.05, 0.1) is 12.7 Å². The van der Waals surface area contributed by atoms with E-state index in [-0.39, 0.29) is 23.6 Å². The van der Waals surface area contributed by atoms with Crippen LogP contribution in [0, 0.1) is 11.6 Å².